The summed E-state index contributed by atoms with van der Waals surface area (Å²) in [5.74, 6) is -0.119. The second-order valence-corrected chi connectivity index (χ2v) is 6.76. The number of nitrogens with one attached hydrogen (secondary N) is 1. The molecule has 140 valence electrons. The molecule has 2 heterocycles. The molecule has 2 aromatic heterocycles. The third kappa shape index (κ3) is 2.71. The third-order valence-corrected chi connectivity index (χ3v) is 4.83. The first-order valence-electron chi connectivity index (χ1n) is 9.06. The normalized spacial score (nSPS) is 13.7. The molecule has 7 heteroatoms. The number of fused-ring (bicyclic) bond motifs is 2. The van der Waals surface area contributed by atoms with Crippen LogP contribution in [0, 0.1) is 6.92 Å². The van der Waals surface area contributed by atoms with E-state index in [9.17, 15) is 9.59 Å². The van der Waals surface area contributed by atoms with Crippen molar-refractivity contribution < 1.29 is 9.59 Å². The van der Waals surface area contributed by atoms with Crippen LogP contribution in [0.1, 0.15) is 26.3 Å². The van der Waals surface area contributed by atoms with Gasteiger partial charge in [0.05, 0.1) is 5.52 Å². The van der Waals surface area contributed by atoms with E-state index in [-0.39, 0.29) is 23.0 Å². The first-order chi connectivity index (χ1) is 14.1. The zero-order chi connectivity index (χ0) is 20.0. The average Bonchev–Trinajstić information content (AvgIpc) is 3.16. The minimum atomic E-state index is -0.300. The molecule has 0 bridgehead atoms. The Hall–Kier alpha value is -4.13. The van der Waals surface area contributed by atoms with E-state index in [0.29, 0.717) is 28.0 Å². The molecule has 0 atom stereocenters. The number of hydrogen-bond donors (Lipinski definition) is 1. The maximum Gasteiger partial charge on any atom is 0.214 e. The SMILES string of the molecule is Cc1ccnc(NC2=C(n3nnc4ccccc43)C(=O)c3ccccc3C2=O)c1. The maximum absolute atomic E-state index is 13.4. The number of aromatic nitrogens is 4. The second kappa shape index (κ2) is 6.49. The first-order valence-corrected chi connectivity index (χ1v) is 9.06. The number of rotatable bonds is 3. The summed E-state index contributed by atoms with van der Waals surface area (Å²) >= 11 is 0. The van der Waals surface area contributed by atoms with Gasteiger partial charge in [-0.05, 0) is 36.8 Å². The Balaban J connectivity index is 1.77. The summed E-state index contributed by atoms with van der Waals surface area (Å²) in [5.41, 5.74) is 3.20. The molecule has 0 amide bonds. The molecule has 4 aromatic rings. The van der Waals surface area contributed by atoms with Crippen molar-refractivity contribution in [3.8, 4) is 0 Å². The molecular weight excluding hydrogens is 366 g/mol. The molecule has 0 fully saturated rings. The van der Waals surface area contributed by atoms with Gasteiger partial charge in [-0.2, -0.15) is 0 Å². The Morgan fingerprint density at radius 1 is 0.897 bits per heavy atom. The van der Waals surface area contributed by atoms with Crippen LogP contribution in [0.3, 0.4) is 0 Å². The Labute approximate surface area is 165 Å². The van der Waals surface area contributed by atoms with Crippen molar-refractivity contribution in [3.63, 3.8) is 0 Å². The monoisotopic (exact) mass is 381 g/mol. The summed E-state index contributed by atoms with van der Waals surface area (Å²) in [6.45, 7) is 1.93. The largest absolute Gasteiger partial charge is 0.335 e. The molecule has 0 spiro atoms. The lowest BCUT2D eigenvalue weighted by atomic mass is 9.90. The van der Waals surface area contributed by atoms with Crippen molar-refractivity contribution in [1.29, 1.82) is 0 Å². The lowest BCUT2D eigenvalue weighted by Gasteiger charge is -2.21. The lowest BCUT2D eigenvalue weighted by molar-refractivity contribution is 0.0988. The number of carbonyl (C=O) groups is 2. The van der Waals surface area contributed by atoms with Crippen molar-refractivity contribution in [2.75, 3.05) is 5.32 Å². The highest BCUT2D eigenvalue weighted by Crippen LogP contribution is 2.31. The van der Waals surface area contributed by atoms with E-state index in [1.807, 2.05) is 37.3 Å². The van der Waals surface area contributed by atoms with E-state index >= 15 is 0 Å². The third-order valence-electron chi connectivity index (χ3n) is 4.83. The molecule has 1 aliphatic rings. The Morgan fingerprint density at radius 3 is 2.41 bits per heavy atom. The molecule has 29 heavy (non-hydrogen) atoms. The van der Waals surface area contributed by atoms with Crippen molar-refractivity contribution in [1.82, 2.24) is 20.0 Å². The average molecular weight is 381 g/mol. The first kappa shape index (κ1) is 17.0. The molecule has 0 unspecified atom stereocenters. The van der Waals surface area contributed by atoms with Crippen LogP contribution in [0.15, 0.2) is 72.6 Å². The van der Waals surface area contributed by atoms with Gasteiger partial charge < -0.3 is 5.32 Å². The number of allylic oxidation sites excluding steroid dienone is 2. The molecule has 1 aliphatic carbocycles. The molecule has 1 N–H and O–H groups in total. The molecule has 0 radical (unpaired) electrons. The summed E-state index contributed by atoms with van der Waals surface area (Å²) in [6.07, 6.45) is 1.64. The molecule has 2 aromatic carbocycles. The highest BCUT2D eigenvalue weighted by molar-refractivity contribution is 6.38. The van der Waals surface area contributed by atoms with Gasteiger partial charge in [0, 0.05) is 17.3 Å². The number of aryl methyl sites for hydroxylation is 1. The number of pyridine rings is 1. The van der Waals surface area contributed by atoms with Gasteiger partial charge in [-0.25, -0.2) is 9.67 Å². The minimum Gasteiger partial charge on any atom is -0.335 e. The van der Waals surface area contributed by atoms with Crippen LogP contribution in [-0.4, -0.2) is 31.5 Å². The lowest BCUT2D eigenvalue weighted by Crippen LogP contribution is -2.28. The number of hydrogen-bond acceptors (Lipinski definition) is 6. The quantitative estimate of drug-likeness (QED) is 0.584. The van der Waals surface area contributed by atoms with Gasteiger partial charge in [-0.3, -0.25) is 9.59 Å². The second-order valence-electron chi connectivity index (χ2n) is 6.76. The standard InChI is InChI=1S/C22H15N5O2/c1-13-10-11-23-18(12-13)24-19-20(27-17-9-5-4-8-16(17)25-26-27)22(29)15-7-3-2-6-14(15)21(19)28/h2-12H,1H3,(H,23,24). The highest BCUT2D eigenvalue weighted by atomic mass is 16.1. The van der Waals surface area contributed by atoms with Gasteiger partial charge >= 0.3 is 0 Å². The van der Waals surface area contributed by atoms with E-state index < -0.39 is 0 Å². The van der Waals surface area contributed by atoms with Crippen LogP contribution < -0.4 is 5.32 Å². The number of Topliss-reactive ketones (excluding diaryl/α,β-unsaturated/α-hetero) is 2. The van der Waals surface area contributed by atoms with E-state index in [2.05, 4.69) is 20.6 Å². The van der Waals surface area contributed by atoms with Gasteiger partial charge in [0.25, 0.3) is 0 Å². The Bertz CT molecular complexity index is 1340. The highest BCUT2D eigenvalue weighted by Gasteiger charge is 2.35. The smallest absolute Gasteiger partial charge is 0.214 e. The summed E-state index contributed by atoms with van der Waals surface area (Å²) in [4.78, 5) is 31.0. The summed E-state index contributed by atoms with van der Waals surface area (Å²) < 4.78 is 1.42. The van der Waals surface area contributed by atoms with Gasteiger partial charge in [0.2, 0.25) is 11.6 Å². The predicted molar refractivity (Wildman–Crippen MR) is 108 cm³/mol. The predicted octanol–water partition coefficient (Wildman–Crippen LogP) is 3.49. The Morgan fingerprint density at radius 2 is 1.62 bits per heavy atom. The van der Waals surface area contributed by atoms with Gasteiger partial charge in [0.15, 0.2) is 0 Å². The van der Waals surface area contributed by atoms with Crippen molar-refractivity contribution in [2.45, 2.75) is 6.92 Å². The van der Waals surface area contributed by atoms with Crippen molar-refractivity contribution in [3.05, 3.63) is 89.2 Å². The topological polar surface area (TPSA) is 89.8 Å². The van der Waals surface area contributed by atoms with E-state index in [1.165, 1.54) is 4.68 Å². The number of benzene rings is 2. The maximum atomic E-state index is 13.4. The molecule has 7 nitrogen and oxygen atoms in total. The zero-order valence-electron chi connectivity index (χ0n) is 15.5. The number of carbonyl (C=O) groups excluding carboxylic acids is 2. The summed E-state index contributed by atoms with van der Waals surface area (Å²) in [6, 6.07) is 17.7. The molecule has 0 saturated carbocycles. The van der Waals surface area contributed by atoms with Gasteiger partial charge in [-0.1, -0.05) is 41.6 Å². The molecule has 5 rings (SSSR count). The summed E-state index contributed by atoms with van der Waals surface area (Å²) in [5, 5.41) is 11.4. The Kier molecular flexibility index (Phi) is 3.80. The minimum absolute atomic E-state index is 0.127. The van der Waals surface area contributed by atoms with Crippen LogP contribution >= 0.6 is 0 Å². The van der Waals surface area contributed by atoms with Crippen LogP contribution in [0.2, 0.25) is 0 Å². The van der Waals surface area contributed by atoms with Gasteiger partial charge in [0.1, 0.15) is 22.7 Å². The number of ketones is 2. The number of anilines is 1. The van der Waals surface area contributed by atoms with Crippen molar-refractivity contribution >= 4 is 34.1 Å². The van der Waals surface area contributed by atoms with Crippen LogP contribution in [0.25, 0.3) is 16.7 Å². The van der Waals surface area contributed by atoms with Crippen LogP contribution in [-0.2, 0) is 0 Å². The molecular formula is C22H15N5O2. The fourth-order valence-corrected chi connectivity index (χ4v) is 3.45. The van der Waals surface area contributed by atoms with Gasteiger partial charge in [-0.15, -0.1) is 5.10 Å². The molecule has 0 saturated heterocycles. The van der Waals surface area contributed by atoms with Crippen LogP contribution in [0.4, 0.5) is 5.82 Å². The van der Waals surface area contributed by atoms with Crippen molar-refractivity contribution in [2.24, 2.45) is 0 Å². The van der Waals surface area contributed by atoms with E-state index in [1.54, 1.807) is 36.5 Å². The number of nitrogens with zero attached hydrogens (tertiary/aromatic N) is 4. The zero-order valence-corrected chi connectivity index (χ0v) is 15.5. The van der Waals surface area contributed by atoms with Crippen LogP contribution in [0.5, 0.6) is 0 Å². The summed E-state index contributed by atoms with van der Waals surface area (Å²) in [7, 11) is 0. The molecule has 0 aliphatic heterocycles. The number of para-hydroxylation sites is 1. The van der Waals surface area contributed by atoms with E-state index in [0.717, 1.165) is 5.56 Å². The fourth-order valence-electron chi connectivity index (χ4n) is 3.45. The fraction of sp³-hybridized carbons (Fsp3) is 0.0455. The van der Waals surface area contributed by atoms with E-state index in [4.69, 9.17) is 0 Å².